The van der Waals surface area contributed by atoms with E-state index in [4.69, 9.17) is 0 Å². The predicted octanol–water partition coefficient (Wildman–Crippen LogP) is 2.84. The van der Waals surface area contributed by atoms with E-state index in [-0.39, 0.29) is 17.3 Å². The molecule has 106 valence electrons. The second kappa shape index (κ2) is 5.44. The van der Waals surface area contributed by atoms with Crippen LogP contribution in [0, 0.1) is 5.82 Å². The normalized spacial score (nSPS) is 14.5. The zero-order valence-electron chi connectivity index (χ0n) is 11.3. The fraction of sp³-hybridized carbons (Fsp3) is 0.188. The first-order valence-electron chi connectivity index (χ1n) is 6.71. The smallest absolute Gasteiger partial charge is 0.259 e. The Kier molecular flexibility index (Phi) is 3.48. The summed E-state index contributed by atoms with van der Waals surface area (Å²) in [6, 6.07) is 8.16. The van der Waals surface area contributed by atoms with Gasteiger partial charge in [-0.25, -0.2) is 4.39 Å². The van der Waals surface area contributed by atoms with Gasteiger partial charge in [-0.15, -0.1) is 0 Å². The summed E-state index contributed by atoms with van der Waals surface area (Å²) in [7, 11) is 0. The molecule has 0 unspecified atom stereocenters. The molecule has 0 radical (unpaired) electrons. The van der Waals surface area contributed by atoms with Crippen LogP contribution in [0.4, 0.5) is 10.1 Å². The predicted molar refractivity (Wildman–Crippen MR) is 75.9 cm³/mol. The second-order valence-corrected chi connectivity index (χ2v) is 4.89. The van der Waals surface area contributed by atoms with Gasteiger partial charge in [0.25, 0.3) is 5.91 Å². The SMILES string of the molecule is O=C1CCCN(C(=O)c2cncc(F)c2)c2ccccc21. The van der Waals surface area contributed by atoms with Gasteiger partial charge in [0.15, 0.2) is 5.78 Å². The summed E-state index contributed by atoms with van der Waals surface area (Å²) in [5.74, 6) is -0.873. The molecular weight excluding hydrogens is 271 g/mol. The Hall–Kier alpha value is -2.56. The summed E-state index contributed by atoms with van der Waals surface area (Å²) in [5.41, 5.74) is 1.29. The maximum atomic E-state index is 13.2. The molecular formula is C16H13FN2O2. The number of pyridine rings is 1. The lowest BCUT2D eigenvalue weighted by Crippen LogP contribution is -2.31. The largest absolute Gasteiger partial charge is 0.308 e. The lowest BCUT2D eigenvalue weighted by atomic mass is 10.1. The molecule has 0 fully saturated rings. The number of amides is 1. The van der Waals surface area contributed by atoms with Crippen molar-refractivity contribution in [2.24, 2.45) is 0 Å². The summed E-state index contributed by atoms with van der Waals surface area (Å²) in [5, 5.41) is 0. The summed E-state index contributed by atoms with van der Waals surface area (Å²) >= 11 is 0. The molecule has 1 aromatic carbocycles. The number of benzene rings is 1. The average molecular weight is 284 g/mol. The Morgan fingerprint density at radius 2 is 2.05 bits per heavy atom. The molecule has 2 heterocycles. The number of rotatable bonds is 1. The maximum absolute atomic E-state index is 13.2. The number of para-hydroxylation sites is 1. The van der Waals surface area contributed by atoms with Gasteiger partial charge in [0, 0.05) is 24.7 Å². The van der Waals surface area contributed by atoms with Gasteiger partial charge in [0.1, 0.15) is 5.82 Å². The quantitative estimate of drug-likeness (QED) is 0.809. The molecule has 1 amide bonds. The number of ketones is 1. The van der Waals surface area contributed by atoms with Crippen LogP contribution in [-0.4, -0.2) is 23.2 Å². The Morgan fingerprint density at radius 3 is 2.86 bits per heavy atom. The highest BCUT2D eigenvalue weighted by molar-refractivity contribution is 6.11. The Balaban J connectivity index is 2.04. The molecule has 1 aromatic heterocycles. The minimum absolute atomic E-state index is 0.0262. The fourth-order valence-corrected chi connectivity index (χ4v) is 2.49. The minimum Gasteiger partial charge on any atom is -0.308 e. The van der Waals surface area contributed by atoms with Crippen LogP contribution in [0.3, 0.4) is 0 Å². The van der Waals surface area contributed by atoms with Gasteiger partial charge < -0.3 is 4.90 Å². The van der Waals surface area contributed by atoms with Crippen LogP contribution in [-0.2, 0) is 0 Å². The number of aromatic nitrogens is 1. The number of carbonyl (C=O) groups excluding carboxylic acids is 2. The molecule has 0 aliphatic carbocycles. The number of carbonyl (C=O) groups is 2. The number of nitrogens with zero attached hydrogens (tertiary/aromatic N) is 2. The van der Waals surface area contributed by atoms with E-state index in [2.05, 4.69) is 4.98 Å². The number of Topliss-reactive ketones (excluding diaryl/α,β-unsaturated/α-hetero) is 1. The molecule has 5 heteroatoms. The average Bonchev–Trinajstić information content (AvgIpc) is 2.66. The van der Waals surface area contributed by atoms with Crippen LogP contribution in [0.1, 0.15) is 33.6 Å². The van der Waals surface area contributed by atoms with Gasteiger partial charge in [-0.05, 0) is 24.6 Å². The van der Waals surface area contributed by atoms with E-state index in [1.165, 1.54) is 11.1 Å². The number of hydrogen-bond donors (Lipinski definition) is 0. The highest BCUT2D eigenvalue weighted by atomic mass is 19.1. The molecule has 0 N–H and O–H groups in total. The van der Waals surface area contributed by atoms with Crippen molar-refractivity contribution in [3.8, 4) is 0 Å². The van der Waals surface area contributed by atoms with Crippen LogP contribution >= 0.6 is 0 Å². The third kappa shape index (κ3) is 2.54. The Labute approximate surface area is 121 Å². The zero-order chi connectivity index (χ0) is 14.8. The monoisotopic (exact) mass is 284 g/mol. The first kappa shape index (κ1) is 13.4. The summed E-state index contributed by atoms with van der Waals surface area (Å²) in [6.07, 6.45) is 3.38. The van der Waals surface area contributed by atoms with E-state index in [1.807, 2.05) is 0 Å². The number of fused-ring (bicyclic) bond motifs is 1. The van der Waals surface area contributed by atoms with Crippen LogP contribution in [0.5, 0.6) is 0 Å². The zero-order valence-corrected chi connectivity index (χ0v) is 11.3. The van der Waals surface area contributed by atoms with Crippen molar-refractivity contribution in [2.75, 3.05) is 11.4 Å². The standard InChI is InChI=1S/C16H13FN2O2/c17-12-8-11(9-18-10-12)16(21)19-7-3-6-15(20)13-4-1-2-5-14(13)19/h1-2,4-5,8-10H,3,6-7H2. The number of hydrogen-bond acceptors (Lipinski definition) is 3. The molecule has 21 heavy (non-hydrogen) atoms. The van der Waals surface area contributed by atoms with E-state index in [0.717, 1.165) is 12.3 Å². The van der Waals surface area contributed by atoms with Gasteiger partial charge in [0.2, 0.25) is 0 Å². The lowest BCUT2D eigenvalue weighted by Gasteiger charge is -2.22. The number of anilines is 1. The van der Waals surface area contributed by atoms with Gasteiger partial charge >= 0.3 is 0 Å². The third-order valence-electron chi connectivity index (χ3n) is 3.48. The topological polar surface area (TPSA) is 50.3 Å². The van der Waals surface area contributed by atoms with Crippen molar-refractivity contribution < 1.29 is 14.0 Å². The van der Waals surface area contributed by atoms with Crippen LogP contribution in [0.15, 0.2) is 42.7 Å². The van der Waals surface area contributed by atoms with E-state index in [0.29, 0.717) is 30.6 Å². The third-order valence-corrected chi connectivity index (χ3v) is 3.48. The summed E-state index contributed by atoms with van der Waals surface area (Å²) in [4.78, 5) is 29.9. The van der Waals surface area contributed by atoms with Crippen molar-refractivity contribution in [1.29, 1.82) is 0 Å². The maximum Gasteiger partial charge on any atom is 0.259 e. The minimum atomic E-state index is -0.556. The van der Waals surface area contributed by atoms with Crippen molar-refractivity contribution in [3.05, 3.63) is 59.7 Å². The molecule has 2 aromatic rings. The van der Waals surface area contributed by atoms with Gasteiger partial charge in [-0.2, -0.15) is 0 Å². The first-order chi connectivity index (χ1) is 10.2. The number of halogens is 1. The molecule has 1 aliphatic rings. The Morgan fingerprint density at radius 1 is 1.24 bits per heavy atom. The summed E-state index contributed by atoms with van der Waals surface area (Å²) in [6.45, 7) is 0.429. The fourth-order valence-electron chi connectivity index (χ4n) is 2.49. The first-order valence-corrected chi connectivity index (χ1v) is 6.71. The van der Waals surface area contributed by atoms with Crippen molar-refractivity contribution >= 4 is 17.4 Å². The summed E-state index contributed by atoms with van der Waals surface area (Å²) < 4.78 is 13.2. The highest BCUT2D eigenvalue weighted by Gasteiger charge is 2.25. The van der Waals surface area contributed by atoms with Gasteiger partial charge in [0.05, 0.1) is 17.4 Å². The molecule has 0 bridgehead atoms. The molecule has 0 spiro atoms. The molecule has 0 saturated heterocycles. The van der Waals surface area contributed by atoms with Crippen molar-refractivity contribution in [2.45, 2.75) is 12.8 Å². The Bertz CT molecular complexity index is 715. The van der Waals surface area contributed by atoms with Crippen LogP contribution < -0.4 is 4.90 Å². The molecule has 0 saturated carbocycles. The molecule has 0 atom stereocenters. The van der Waals surface area contributed by atoms with E-state index in [1.54, 1.807) is 24.3 Å². The van der Waals surface area contributed by atoms with Crippen LogP contribution in [0.2, 0.25) is 0 Å². The van der Waals surface area contributed by atoms with E-state index in [9.17, 15) is 14.0 Å². The molecule has 3 rings (SSSR count). The highest BCUT2D eigenvalue weighted by Crippen LogP contribution is 2.27. The van der Waals surface area contributed by atoms with Gasteiger partial charge in [-0.3, -0.25) is 14.6 Å². The van der Waals surface area contributed by atoms with E-state index < -0.39 is 5.82 Å². The second-order valence-electron chi connectivity index (χ2n) is 4.89. The van der Waals surface area contributed by atoms with Crippen molar-refractivity contribution in [1.82, 2.24) is 4.98 Å². The van der Waals surface area contributed by atoms with Crippen LogP contribution in [0.25, 0.3) is 0 Å². The lowest BCUT2D eigenvalue weighted by molar-refractivity contribution is 0.0973. The van der Waals surface area contributed by atoms with Crippen molar-refractivity contribution in [3.63, 3.8) is 0 Å². The van der Waals surface area contributed by atoms with E-state index >= 15 is 0 Å². The molecule has 1 aliphatic heterocycles. The van der Waals surface area contributed by atoms with Gasteiger partial charge in [-0.1, -0.05) is 12.1 Å². The molecule has 4 nitrogen and oxygen atoms in total.